The molecule has 0 amide bonds. The predicted molar refractivity (Wildman–Crippen MR) is 79.1 cm³/mol. The van der Waals surface area contributed by atoms with Gasteiger partial charge in [-0.15, -0.1) is 0 Å². The normalized spacial score (nSPS) is 18.5. The van der Waals surface area contributed by atoms with E-state index < -0.39 is 0 Å². The van der Waals surface area contributed by atoms with Crippen LogP contribution in [0.2, 0.25) is 0 Å². The number of imidazole rings is 1. The van der Waals surface area contributed by atoms with E-state index in [4.69, 9.17) is 12.2 Å². The lowest BCUT2D eigenvalue weighted by molar-refractivity contribution is 0.222. The number of hydrogen-bond acceptors (Lipinski definition) is 3. The zero-order valence-electron chi connectivity index (χ0n) is 11.8. The Morgan fingerprint density at radius 2 is 2.05 bits per heavy atom. The molecule has 0 atom stereocenters. The smallest absolute Gasteiger partial charge is 0.179 e. The topological polar surface area (TPSA) is 41.8 Å². The summed E-state index contributed by atoms with van der Waals surface area (Å²) < 4.78 is 5.20. The molecule has 2 aromatic heterocycles. The van der Waals surface area contributed by atoms with Gasteiger partial charge in [0.05, 0.1) is 5.69 Å². The van der Waals surface area contributed by atoms with Crippen molar-refractivity contribution >= 4 is 23.4 Å². The summed E-state index contributed by atoms with van der Waals surface area (Å²) in [4.78, 5) is 5.72. The van der Waals surface area contributed by atoms with Gasteiger partial charge < -0.3 is 9.88 Å². The fraction of sp³-hybridized carbons (Fsp3) is 0.692. The van der Waals surface area contributed by atoms with E-state index in [2.05, 4.69) is 38.2 Å². The van der Waals surface area contributed by atoms with Crippen molar-refractivity contribution in [1.82, 2.24) is 24.2 Å². The Kier molecular flexibility index (Phi) is 3.22. The number of rotatable bonds is 2. The molecule has 0 radical (unpaired) electrons. The average molecular weight is 279 g/mol. The van der Waals surface area contributed by atoms with Crippen molar-refractivity contribution in [2.75, 3.05) is 20.1 Å². The molecule has 0 unspecified atom stereocenters. The minimum Gasteiger partial charge on any atom is -0.328 e. The average Bonchev–Trinajstić information content (AvgIpc) is 2.88. The van der Waals surface area contributed by atoms with Crippen LogP contribution < -0.4 is 0 Å². The Hall–Kier alpha value is -1.14. The molecule has 1 N–H and O–H groups in total. The van der Waals surface area contributed by atoms with E-state index in [-0.39, 0.29) is 0 Å². The number of aromatic nitrogens is 4. The first-order valence-electron chi connectivity index (χ1n) is 6.98. The van der Waals surface area contributed by atoms with Gasteiger partial charge in [-0.2, -0.15) is 5.10 Å². The van der Waals surface area contributed by atoms with Gasteiger partial charge in [0.25, 0.3) is 0 Å². The third-order valence-corrected chi connectivity index (χ3v) is 4.43. The Balaban J connectivity index is 2.12. The van der Waals surface area contributed by atoms with Crippen LogP contribution >= 0.6 is 12.2 Å². The van der Waals surface area contributed by atoms with Crippen molar-refractivity contribution in [1.29, 1.82) is 0 Å². The first kappa shape index (κ1) is 12.9. The van der Waals surface area contributed by atoms with Crippen LogP contribution in [-0.2, 0) is 6.54 Å². The maximum atomic E-state index is 5.54. The van der Waals surface area contributed by atoms with Crippen LogP contribution in [0.3, 0.4) is 0 Å². The zero-order valence-corrected chi connectivity index (χ0v) is 12.6. The summed E-state index contributed by atoms with van der Waals surface area (Å²) in [7, 11) is 2.18. The van der Waals surface area contributed by atoms with Gasteiger partial charge in [0, 0.05) is 12.6 Å². The maximum absolute atomic E-state index is 5.54. The molecular formula is C13H21N5S. The number of likely N-dealkylation sites (tertiary alicyclic amines) is 1. The van der Waals surface area contributed by atoms with Gasteiger partial charge in [-0.3, -0.25) is 4.57 Å². The number of fused-ring (bicyclic) bond motifs is 1. The zero-order chi connectivity index (χ0) is 13.6. The van der Waals surface area contributed by atoms with Crippen molar-refractivity contribution in [3.05, 3.63) is 10.5 Å². The van der Waals surface area contributed by atoms with Crippen LogP contribution in [0, 0.1) is 11.7 Å². The van der Waals surface area contributed by atoms with E-state index in [9.17, 15) is 0 Å². The van der Waals surface area contributed by atoms with Crippen molar-refractivity contribution in [3.63, 3.8) is 0 Å². The minimum absolute atomic E-state index is 0.499. The molecule has 6 heteroatoms. The third kappa shape index (κ3) is 2.03. The highest BCUT2D eigenvalue weighted by Crippen LogP contribution is 2.28. The van der Waals surface area contributed by atoms with Gasteiger partial charge in [0.15, 0.2) is 10.4 Å². The molecule has 1 aliphatic heterocycles. The summed E-state index contributed by atoms with van der Waals surface area (Å²) in [6, 6.07) is 0.499. The summed E-state index contributed by atoms with van der Waals surface area (Å²) in [6.45, 7) is 7.32. The lowest BCUT2D eigenvalue weighted by Crippen LogP contribution is -2.31. The standard InChI is InChI=1S/C13H21N5S/c1-4-17-12-11(9(2)15-17)14-13(19)18(12)10-5-7-16(3)8-6-10/h10H,4-8H2,1-3H3,(H,14,19). The molecule has 0 aromatic carbocycles. The second-order valence-corrected chi connectivity index (χ2v) is 5.82. The van der Waals surface area contributed by atoms with Crippen LogP contribution in [0.5, 0.6) is 0 Å². The Bertz CT molecular complexity index is 642. The van der Waals surface area contributed by atoms with E-state index in [0.717, 1.165) is 48.5 Å². The summed E-state index contributed by atoms with van der Waals surface area (Å²) in [6.07, 6.45) is 2.32. The number of aryl methyl sites for hydroxylation is 2. The number of hydrogen-bond donors (Lipinski definition) is 1. The molecule has 5 nitrogen and oxygen atoms in total. The minimum atomic E-state index is 0.499. The van der Waals surface area contributed by atoms with E-state index in [1.54, 1.807) is 0 Å². The monoisotopic (exact) mass is 279 g/mol. The highest BCUT2D eigenvalue weighted by atomic mass is 32.1. The first-order valence-corrected chi connectivity index (χ1v) is 7.38. The second-order valence-electron chi connectivity index (χ2n) is 5.43. The fourth-order valence-electron chi connectivity index (χ4n) is 3.04. The lowest BCUT2D eigenvalue weighted by atomic mass is 10.1. The number of aromatic amines is 1. The molecule has 0 saturated carbocycles. The van der Waals surface area contributed by atoms with Crippen molar-refractivity contribution in [3.8, 4) is 0 Å². The number of nitrogens with zero attached hydrogens (tertiary/aromatic N) is 4. The fourth-order valence-corrected chi connectivity index (χ4v) is 3.37. The number of piperidine rings is 1. The molecule has 0 spiro atoms. The molecule has 104 valence electrons. The van der Waals surface area contributed by atoms with E-state index in [0.29, 0.717) is 6.04 Å². The van der Waals surface area contributed by atoms with Gasteiger partial charge in [0.1, 0.15) is 5.52 Å². The largest absolute Gasteiger partial charge is 0.328 e. The molecule has 3 rings (SSSR count). The number of nitrogens with one attached hydrogen (secondary N) is 1. The predicted octanol–water partition coefficient (Wildman–Crippen LogP) is 2.49. The van der Waals surface area contributed by atoms with Crippen molar-refractivity contribution < 1.29 is 0 Å². The maximum Gasteiger partial charge on any atom is 0.179 e. The summed E-state index contributed by atoms with van der Waals surface area (Å²) in [5.74, 6) is 0. The van der Waals surface area contributed by atoms with E-state index in [1.807, 2.05) is 6.92 Å². The Morgan fingerprint density at radius 1 is 1.37 bits per heavy atom. The molecule has 0 aliphatic carbocycles. The van der Waals surface area contributed by atoms with Gasteiger partial charge in [-0.1, -0.05) is 0 Å². The highest BCUT2D eigenvalue weighted by Gasteiger charge is 2.23. The Labute approximate surface area is 118 Å². The molecular weight excluding hydrogens is 258 g/mol. The quantitative estimate of drug-likeness (QED) is 0.859. The molecule has 1 aliphatic rings. The van der Waals surface area contributed by atoms with Gasteiger partial charge >= 0.3 is 0 Å². The summed E-state index contributed by atoms with van der Waals surface area (Å²) in [5, 5.41) is 4.59. The van der Waals surface area contributed by atoms with E-state index >= 15 is 0 Å². The number of H-pyrrole nitrogens is 1. The molecule has 2 aromatic rings. The second kappa shape index (κ2) is 4.76. The molecule has 19 heavy (non-hydrogen) atoms. The van der Waals surface area contributed by atoms with Crippen LogP contribution in [-0.4, -0.2) is 44.4 Å². The van der Waals surface area contributed by atoms with Crippen LogP contribution in [0.4, 0.5) is 0 Å². The Morgan fingerprint density at radius 3 is 2.68 bits per heavy atom. The van der Waals surface area contributed by atoms with Gasteiger partial charge in [0.2, 0.25) is 0 Å². The molecule has 3 heterocycles. The van der Waals surface area contributed by atoms with Crippen molar-refractivity contribution in [2.45, 2.75) is 39.3 Å². The first-order chi connectivity index (χ1) is 9.11. The molecule has 1 fully saturated rings. The molecule has 1 saturated heterocycles. The third-order valence-electron chi connectivity index (χ3n) is 4.13. The van der Waals surface area contributed by atoms with Crippen LogP contribution in [0.25, 0.3) is 11.2 Å². The highest BCUT2D eigenvalue weighted by molar-refractivity contribution is 7.71. The van der Waals surface area contributed by atoms with E-state index in [1.165, 1.54) is 5.65 Å². The summed E-state index contributed by atoms with van der Waals surface area (Å²) in [5.41, 5.74) is 3.31. The van der Waals surface area contributed by atoms with Crippen molar-refractivity contribution in [2.24, 2.45) is 0 Å². The summed E-state index contributed by atoms with van der Waals surface area (Å²) >= 11 is 5.54. The lowest BCUT2D eigenvalue weighted by Gasteiger charge is -2.30. The SMILES string of the molecule is CCn1nc(C)c2[nH]c(=S)n(C3CCN(C)CC3)c21. The molecule has 0 bridgehead atoms. The van der Waals surface area contributed by atoms with Gasteiger partial charge in [-0.25, -0.2) is 4.68 Å². The van der Waals surface area contributed by atoms with Gasteiger partial charge in [-0.05, 0) is 59.0 Å². The van der Waals surface area contributed by atoms with Crippen LogP contribution in [0.15, 0.2) is 0 Å². The van der Waals surface area contributed by atoms with Crippen LogP contribution in [0.1, 0.15) is 31.5 Å².